The number of hydrogen-bond acceptors (Lipinski definition) is 2. The van der Waals surface area contributed by atoms with Crippen molar-refractivity contribution in [3.05, 3.63) is 28.7 Å². The van der Waals surface area contributed by atoms with Crippen LogP contribution in [0.4, 0.5) is 0 Å². The molecule has 1 unspecified atom stereocenters. The molecule has 3 heteroatoms. The van der Waals surface area contributed by atoms with Crippen LogP contribution in [0.1, 0.15) is 33.1 Å². The Labute approximate surface area is 113 Å². The standard InChI is InChI=1S/C14H22BrNO/c1-3-8-14(2,11-16)9-10-17-13-6-4-12(15)5-7-13/h4-7H,3,8-11,16H2,1-2H3. The molecule has 0 heterocycles. The van der Waals surface area contributed by atoms with Gasteiger partial charge in [-0.15, -0.1) is 0 Å². The molecule has 1 aromatic rings. The van der Waals surface area contributed by atoms with Crippen LogP contribution in [0.2, 0.25) is 0 Å². The zero-order valence-electron chi connectivity index (χ0n) is 10.7. The molecule has 0 spiro atoms. The lowest BCUT2D eigenvalue weighted by Crippen LogP contribution is -2.29. The molecule has 0 aromatic heterocycles. The highest BCUT2D eigenvalue weighted by Crippen LogP contribution is 2.26. The predicted octanol–water partition coefficient (Wildman–Crippen LogP) is 3.98. The fourth-order valence-corrected chi connectivity index (χ4v) is 2.14. The van der Waals surface area contributed by atoms with Gasteiger partial charge in [-0.3, -0.25) is 0 Å². The molecule has 0 aliphatic rings. The maximum Gasteiger partial charge on any atom is 0.119 e. The van der Waals surface area contributed by atoms with Crippen LogP contribution in [0.15, 0.2) is 28.7 Å². The van der Waals surface area contributed by atoms with Gasteiger partial charge >= 0.3 is 0 Å². The van der Waals surface area contributed by atoms with E-state index in [4.69, 9.17) is 10.5 Å². The highest BCUT2D eigenvalue weighted by Gasteiger charge is 2.21. The van der Waals surface area contributed by atoms with Crippen molar-refractivity contribution in [2.75, 3.05) is 13.2 Å². The van der Waals surface area contributed by atoms with Crippen LogP contribution in [0, 0.1) is 5.41 Å². The first kappa shape index (κ1) is 14.5. The largest absolute Gasteiger partial charge is 0.494 e. The summed E-state index contributed by atoms with van der Waals surface area (Å²) in [7, 11) is 0. The number of rotatable bonds is 7. The summed E-state index contributed by atoms with van der Waals surface area (Å²) in [6.07, 6.45) is 3.34. The van der Waals surface area contributed by atoms with Crippen molar-refractivity contribution in [3.8, 4) is 5.75 Å². The van der Waals surface area contributed by atoms with Gasteiger partial charge in [0.05, 0.1) is 6.61 Å². The number of ether oxygens (including phenoxy) is 1. The summed E-state index contributed by atoms with van der Waals surface area (Å²) < 4.78 is 6.80. The molecule has 0 fully saturated rings. The van der Waals surface area contributed by atoms with E-state index in [0.29, 0.717) is 0 Å². The van der Waals surface area contributed by atoms with Crippen molar-refractivity contribution in [2.24, 2.45) is 11.1 Å². The van der Waals surface area contributed by atoms with Crippen molar-refractivity contribution in [2.45, 2.75) is 33.1 Å². The molecule has 2 nitrogen and oxygen atoms in total. The Morgan fingerprint density at radius 1 is 1.24 bits per heavy atom. The van der Waals surface area contributed by atoms with E-state index in [9.17, 15) is 0 Å². The third-order valence-corrected chi connectivity index (χ3v) is 3.66. The molecule has 1 atom stereocenters. The molecule has 0 bridgehead atoms. The second-order valence-electron chi connectivity index (χ2n) is 4.82. The highest BCUT2D eigenvalue weighted by atomic mass is 79.9. The molecule has 2 N–H and O–H groups in total. The maximum absolute atomic E-state index is 5.83. The first-order chi connectivity index (χ1) is 8.09. The predicted molar refractivity (Wildman–Crippen MR) is 76.3 cm³/mol. The molecular weight excluding hydrogens is 278 g/mol. The number of halogens is 1. The summed E-state index contributed by atoms with van der Waals surface area (Å²) in [5.74, 6) is 0.920. The first-order valence-electron chi connectivity index (χ1n) is 6.18. The van der Waals surface area contributed by atoms with E-state index in [1.165, 1.54) is 6.42 Å². The molecule has 0 amide bonds. The second kappa shape index (κ2) is 7.02. The van der Waals surface area contributed by atoms with Gasteiger partial charge in [-0.05, 0) is 49.1 Å². The normalized spacial score (nSPS) is 14.4. The van der Waals surface area contributed by atoms with Crippen LogP contribution in [-0.2, 0) is 0 Å². The van der Waals surface area contributed by atoms with Crippen LogP contribution >= 0.6 is 15.9 Å². The summed E-state index contributed by atoms with van der Waals surface area (Å²) in [6.45, 7) is 5.89. The monoisotopic (exact) mass is 299 g/mol. The van der Waals surface area contributed by atoms with Crippen LogP contribution < -0.4 is 10.5 Å². The van der Waals surface area contributed by atoms with E-state index in [0.717, 1.165) is 36.2 Å². The molecule has 0 aliphatic heterocycles. The molecule has 0 aliphatic carbocycles. The Morgan fingerprint density at radius 3 is 2.41 bits per heavy atom. The summed E-state index contributed by atoms with van der Waals surface area (Å²) >= 11 is 3.41. The first-order valence-corrected chi connectivity index (χ1v) is 6.97. The summed E-state index contributed by atoms with van der Waals surface area (Å²) in [5, 5.41) is 0. The number of nitrogens with two attached hydrogens (primary N) is 1. The average Bonchev–Trinajstić information content (AvgIpc) is 2.32. The van der Waals surface area contributed by atoms with E-state index in [2.05, 4.69) is 29.8 Å². The summed E-state index contributed by atoms with van der Waals surface area (Å²) in [4.78, 5) is 0. The summed E-state index contributed by atoms with van der Waals surface area (Å²) in [5.41, 5.74) is 6.04. The molecule has 1 aromatic carbocycles. The quantitative estimate of drug-likeness (QED) is 0.826. The molecule has 17 heavy (non-hydrogen) atoms. The molecule has 1 rings (SSSR count). The lowest BCUT2D eigenvalue weighted by atomic mass is 9.83. The van der Waals surface area contributed by atoms with E-state index >= 15 is 0 Å². The minimum absolute atomic E-state index is 0.212. The molecular formula is C14H22BrNO. The Kier molecular flexibility index (Phi) is 6.00. The van der Waals surface area contributed by atoms with Crippen LogP contribution in [0.25, 0.3) is 0 Å². The zero-order chi connectivity index (χ0) is 12.7. The van der Waals surface area contributed by atoms with Gasteiger partial charge in [0.25, 0.3) is 0 Å². The topological polar surface area (TPSA) is 35.2 Å². The minimum Gasteiger partial charge on any atom is -0.494 e. The second-order valence-corrected chi connectivity index (χ2v) is 5.73. The van der Waals surface area contributed by atoms with Crippen molar-refractivity contribution < 1.29 is 4.74 Å². The van der Waals surface area contributed by atoms with Crippen molar-refractivity contribution in [1.29, 1.82) is 0 Å². The van der Waals surface area contributed by atoms with Crippen LogP contribution in [0.5, 0.6) is 5.75 Å². The highest BCUT2D eigenvalue weighted by molar-refractivity contribution is 9.10. The molecule has 0 radical (unpaired) electrons. The Morgan fingerprint density at radius 2 is 1.88 bits per heavy atom. The number of hydrogen-bond donors (Lipinski definition) is 1. The van der Waals surface area contributed by atoms with E-state index < -0.39 is 0 Å². The average molecular weight is 300 g/mol. The zero-order valence-corrected chi connectivity index (χ0v) is 12.3. The van der Waals surface area contributed by atoms with Gasteiger partial charge in [0, 0.05) is 4.47 Å². The third-order valence-electron chi connectivity index (χ3n) is 3.13. The minimum atomic E-state index is 0.212. The van der Waals surface area contributed by atoms with E-state index in [-0.39, 0.29) is 5.41 Å². The van der Waals surface area contributed by atoms with Crippen LogP contribution in [-0.4, -0.2) is 13.2 Å². The van der Waals surface area contributed by atoms with Gasteiger partial charge in [0.15, 0.2) is 0 Å². The number of benzene rings is 1. The smallest absolute Gasteiger partial charge is 0.119 e. The molecule has 0 saturated carbocycles. The van der Waals surface area contributed by atoms with E-state index in [1.54, 1.807) is 0 Å². The van der Waals surface area contributed by atoms with E-state index in [1.807, 2.05) is 24.3 Å². The van der Waals surface area contributed by atoms with Gasteiger partial charge in [-0.1, -0.05) is 36.2 Å². The molecule has 96 valence electrons. The fourth-order valence-electron chi connectivity index (χ4n) is 1.88. The van der Waals surface area contributed by atoms with Gasteiger partial charge in [-0.25, -0.2) is 0 Å². The summed E-state index contributed by atoms with van der Waals surface area (Å²) in [6, 6.07) is 7.93. The van der Waals surface area contributed by atoms with Gasteiger partial charge in [0.2, 0.25) is 0 Å². The van der Waals surface area contributed by atoms with Crippen molar-refractivity contribution in [3.63, 3.8) is 0 Å². The lowest BCUT2D eigenvalue weighted by Gasteiger charge is -2.27. The van der Waals surface area contributed by atoms with Crippen molar-refractivity contribution in [1.82, 2.24) is 0 Å². The van der Waals surface area contributed by atoms with Gasteiger partial charge < -0.3 is 10.5 Å². The van der Waals surface area contributed by atoms with Crippen LogP contribution in [0.3, 0.4) is 0 Å². The third kappa shape index (κ3) is 5.09. The Bertz CT molecular complexity index is 325. The Hall–Kier alpha value is -0.540. The molecule has 0 saturated heterocycles. The van der Waals surface area contributed by atoms with Crippen molar-refractivity contribution >= 4 is 15.9 Å². The fraction of sp³-hybridized carbons (Fsp3) is 0.571. The SMILES string of the molecule is CCCC(C)(CN)CCOc1ccc(Br)cc1. The van der Waals surface area contributed by atoms with Gasteiger partial charge in [0.1, 0.15) is 5.75 Å². The lowest BCUT2D eigenvalue weighted by molar-refractivity contribution is 0.204. The Balaban J connectivity index is 2.38. The maximum atomic E-state index is 5.83. The van der Waals surface area contributed by atoms with Gasteiger partial charge in [-0.2, -0.15) is 0 Å².